The molecule has 0 aromatic heterocycles. The molecule has 0 bridgehead atoms. The summed E-state index contributed by atoms with van der Waals surface area (Å²) < 4.78 is 5.08. The zero-order chi connectivity index (χ0) is 15.3. The quantitative estimate of drug-likeness (QED) is 0.766. The molecule has 0 amide bonds. The summed E-state index contributed by atoms with van der Waals surface area (Å²) in [5.74, 6) is 0.694. The lowest BCUT2D eigenvalue weighted by Gasteiger charge is -2.37. The van der Waals surface area contributed by atoms with Crippen LogP contribution in [0.3, 0.4) is 0 Å². The molecule has 0 aromatic carbocycles. The molecule has 0 saturated heterocycles. The summed E-state index contributed by atoms with van der Waals surface area (Å²) in [6.45, 7) is 5.26. The minimum absolute atomic E-state index is 0.0140. The third-order valence-electron chi connectivity index (χ3n) is 5.19. The second-order valence-corrected chi connectivity index (χ2v) is 7.10. The highest BCUT2D eigenvalue weighted by molar-refractivity contribution is 5.72. The van der Waals surface area contributed by atoms with Gasteiger partial charge in [-0.15, -0.1) is 0 Å². The van der Waals surface area contributed by atoms with Crippen LogP contribution >= 0.6 is 0 Å². The first-order valence-electron chi connectivity index (χ1n) is 8.65. The average molecular weight is 297 g/mol. The molecular weight excluding hydrogens is 266 g/mol. The molecule has 4 nitrogen and oxygen atoms in total. The minimum atomic E-state index is -0.635. The molecule has 0 heterocycles. The normalized spacial score (nSPS) is 37.2. The Kier molecular flexibility index (Phi) is 6.06. The van der Waals surface area contributed by atoms with Crippen molar-refractivity contribution in [1.82, 2.24) is 5.32 Å². The number of carbonyl (C=O) groups excluding carboxylic acids is 1. The number of hydrogen-bond donors (Lipinski definition) is 2. The largest absolute Gasteiger partial charge is 0.466 e. The highest BCUT2D eigenvalue weighted by atomic mass is 16.5. The Morgan fingerprint density at radius 1 is 1.29 bits per heavy atom. The number of ether oxygens (including phenoxy) is 1. The maximum Gasteiger partial charge on any atom is 0.308 e. The van der Waals surface area contributed by atoms with E-state index in [-0.39, 0.29) is 11.9 Å². The van der Waals surface area contributed by atoms with Gasteiger partial charge in [-0.05, 0) is 51.4 Å². The predicted molar refractivity (Wildman–Crippen MR) is 83.0 cm³/mol. The number of nitrogens with one attached hydrogen (secondary N) is 1. The zero-order valence-corrected chi connectivity index (χ0v) is 13.6. The van der Waals surface area contributed by atoms with Crippen molar-refractivity contribution in [2.45, 2.75) is 76.9 Å². The third-order valence-corrected chi connectivity index (χ3v) is 5.19. The monoisotopic (exact) mass is 297 g/mol. The van der Waals surface area contributed by atoms with E-state index in [1.807, 2.05) is 6.92 Å². The van der Waals surface area contributed by atoms with E-state index in [0.29, 0.717) is 32.0 Å². The fraction of sp³-hybridized carbons (Fsp3) is 0.941. The van der Waals surface area contributed by atoms with Gasteiger partial charge in [0, 0.05) is 12.6 Å². The van der Waals surface area contributed by atoms with Crippen molar-refractivity contribution in [2.75, 3.05) is 13.2 Å². The maximum absolute atomic E-state index is 11.7. The van der Waals surface area contributed by atoms with Crippen LogP contribution < -0.4 is 5.32 Å². The van der Waals surface area contributed by atoms with Crippen molar-refractivity contribution in [2.24, 2.45) is 11.8 Å². The number of esters is 1. The molecule has 2 aliphatic rings. The van der Waals surface area contributed by atoms with Crippen LogP contribution in [0.1, 0.15) is 65.2 Å². The van der Waals surface area contributed by atoms with Crippen LogP contribution in [0.25, 0.3) is 0 Å². The van der Waals surface area contributed by atoms with Crippen LogP contribution in [0.2, 0.25) is 0 Å². The molecule has 0 radical (unpaired) electrons. The van der Waals surface area contributed by atoms with Crippen LogP contribution in [0.4, 0.5) is 0 Å². The molecule has 2 unspecified atom stereocenters. The molecule has 0 aliphatic heterocycles. The predicted octanol–water partition coefficient (Wildman–Crippen LogP) is 2.64. The molecule has 2 rings (SSSR count). The van der Waals surface area contributed by atoms with Crippen molar-refractivity contribution >= 4 is 5.97 Å². The van der Waals surface area contributed by atoms with E-state index in [0.717, 1.165) is 18.8 Å². The van der Waals surface area contributed by atoms with Crippen molar-refractivity contribution in [3.05, 3.63) is 0 Å². The second kappa shape index (κ2) is 7.59. The summed E-state index contributed by atoms with van der Waals surface area (Å²) in [5.41, 5.74) is -0.635. The zero-order valence-electron chi connectivity index (χ0n) is 13.6. The summed E-state index contributed by atoms with van der Waals surface area (Å²) in [6, 6.07) is 0.556. The Hall–Kier alpha value is -0.610. The summed E-state index contributed by atoms with van der Waals surface area (Å²) >= 11 is 0. The van der Waals surface area contributed by atoms with Crippen LogP contribution in [0.5, 0.6) is 0 Å². The molecule has 2 N–H and O–H groups in total. The third kappa shape index (κ3) is 4.96. The number of rotatable bonds is 5. The first kappa shape index (κ1) is 16.8. The van der Waals surface area contributed by atoms with Gasteiger partial charge in [-0.25, -0.2) is 0 Å². The van der Waals surface area contributed by atoms with E-state index in [1.54, 1.807) is 0 Å². The Balaban J connectivity index is 1.73. The van der Waals surface area contributed by atoms with Gasteiger partial charge in [0.1, 0.15) is 0 Å². The molecule has 4 heteroatoms. The Morgan fingerprint density at radius 3 is 2.62 bits per heavy atom. The lowest BCUT2D eigenvalue weighted by molar-refractivity contribution is -0.151. The number of carbonyl (C=O) groups is 1. The molecule has 2 aliphatic carbocycles. The van der Waals surface area contributed by atoms with Gasteiger partial charge in [0.25, 0.3) is 0 Å². The van der Waals surface area contributed by atoms with Crippen molar-refractivity contribution in [3.63, 3.8) is 0 Å². The van der Waals surface area contributed by atoms with E-state index in [4.69, 9.17) is 4.74 Å². The lowest BCUT2D eigenvalue weighted by Crippen LogP contribution is -2.48. The van der Waals surface area contributed by atoms with Crippen molar-refractivity contribution in [3.8, 4) is 0 Å². The van der Waals surface area contributed by atoms with E-state index < -0.39 is 5.60 Å². The summed E-state index contributed by atoms with van der Waals surface area (Å²) in [4.78, 5) is 11.7. The van der Waals surface area contributed by atoms with Gasteiger partial charge >= 0.3 is 5.97 Å². The summed E-state index contributed by atoms with van der Waals surface area (Å²) in [6.07, 6.45) is 7.98. The van der Waals surface area contributed by atoms with Crippen LogP contribution in [0, 0.1) is 11.8 Å². The van der Waals surface area contributed by atoms with Crippen LogP contribution in [-0.2, 0) is 9.53 Å². The molecule has 2 saturated carbocycles. The second-order valence-electron chi connectivity index (χ2n) is 7.10. The molecule has 2 atom stereocenters. The topological polar surface area (TPSA) is 58.6 Å². The van der Waals surface area contributed by atoms with Gasteiger partial charge < -0.3 is 15.2 Å². The lowest BCUT2D eigenvalue weighted by atomic mass is 9.78. The molecule has 122 valence electrons. The SMILES string of the molecule is CCOC(=O)C1CCC(O)(CNC2CCCC(C)C2)CC1. The van der Waals surface area contributed by atoms with Gasteiger partial charge in [-0.1, -0.05) is 19.8 Å². The molecule has 2 fully saturated rings. The molecule has 21 heavy (non-hydrogen) atoms. The number of aliphatic hydroxyl groups is 1. The van der Waals surface area contributed by atoms with E-state index in [2.05, 4.69) is 12.2 Å². The van der Waals surface area contributed by atoms with E-state index >= 15 is 0 Å². The highest BCUT2D eigenvalue weighted by Gasteiger charge is 2.36. The van der Waals surface area contributed by atoms with E-state index in [1.165, 1.54) is 25.7 Å². The van der Waals surface area contributed by atoms with Gasteiger partial charge in [0.15, 0.2) is 0 Å². The molecule has 0 spiro atoms. The molecule has 0 aromatic rings. The Morgan fingerprint density at radius 2 is 2.00 bits per heavy atom. The van der Waals surface area contributed by atoms with Gasteiger partial charge in [0.05, 0.1) is 18.1 Å². The fourth-order valence-electron chi connectivity index (χ4n) is 3.78. The fourth-order valence-corrected chi connectivity index (χ4v) is 3.78. The van der Waals surface area contributed by atoms with Crippen LogP contribution in [-0.4, -0.2) is 35.9 Å². The minimum Gasteiger partial charge on any atom is -0.466 e. The Labute approximate surface area is 128 Å². The summed E-state index contributed by atoms with van der Waals surface area (Å²) in [7, 11) is 0. The smallest absolute Gasteiger partial charge is 0.308 e. The van der Waals surface area contributed by atoms with Crippen molar-refractivity contribution < 1.29 is 14.6 Å². The first-order chi connectivity index (χ1) is 10.0. The van der Waals surface area contributed by atoms with Crippen molar-refractivity contribution in [1.29, 1.82) is 0 Å². The highest BCUT2D eigenvalue weighted by Crippen LogP contribution is 2.33. The average Bonchev–Trinajstić information content (AvgIpc) is 2.46. The first-order valence-corrected chi connectivity index (χ1v) is 8.65. The summed E-state index contributed by atoms with van der Waals surface area (Å²) in [5, 5.41) is 14.2. The van der Waals surface area contributed by atoms with Crippen LogP contribution in [0.15, 0.2) is 0 Å². The van der Waals surface area contributed by atoms with Gasteiger partial charge in [0.2, 0.25) is 0 Å². The van der Waals surface area contributed by atoms with Gasteiger partial charge in [-0.3, -0.25) is 4.79 Å². The number of hydrogen-bond acceptors (Lipinski definition) is 4. The maximum atomic E-state index is 11.7. The Bertz CT molecular complexity index is 337. The van der Waals surface area contributed by atoms with Gasteiger partial charge in [-0.2, -0.15) is 0 Å². The molecular formula is C17H31NO3. The standard InChI is InChI=1S/C17H31NO3/c1-3-21-16(19)14-7-9-17(20,10-8-14)12-18-15-6-4-5-13(2)11-15/h13-15,18,20H,3-12H2,1-2H3. The van der Waals surface area contributed by atoms with E-state index in [9.17, 15) is 9.90 Å².